The van der Waals surface area contributed by atoms with Gasteiger partial charge in [0.2, 0.25) is 15.9 Å². The van der Waals surface area contributed by atoms with Crippen LogP contribution in [0.2, 0.25) is 0 Å². The van der Waals surface area contributed by atoms with Crippen LogP contribution in [0.4, 0.5) is 0 Å². The number of carbonyl (C=O) groups excluding carboxylic acids is 1. The molecular formula is C19H29N3O5S. The van der Waals surface area contributed by atoms with Gasteiger partial charge in [-0.25, -0.2) is 8.42 Å². The third-order valence-corrected chi connectivity index (χ3v) is 7.32. The lowest BCUT2D eigenvalue weighted by Gasteiger charge is -2.31. The van der Waals surface area contributed by atoms with E-state index in [1.54, 1.807) is 50.4 Å². The average molecular weight is 412 g/mol. The van der Waals surface area contributed by atoms with E-state index in [9.17, 15) is 13.2 Å². The van der Waals surface area contributed by atoms with Gasteiger partial charge in [0, 0.05) is 40.8 Å². The molecule has 0 aliphatic carbocycles. The summed E-state index contributed by atoms with van der Waals surface area (Å²) < 4.78 is 39.6. The van der Waals surface area contributed by atoms with Crippen LogP contribution in [0.5, 0.6) is 5.75 Å². The maximum atomic E-state index is 13.4. The first-order valence-corrected chi connectivity index (χ1v) is 11.0. The minimum Gasteiger partial charge on any atom is -0.487 e. The Morgan fingerprint density at radius 2 is 1.96 bits per heavy atom. The number of likely N-dealkylation sites (N-methyl/N-ethyl adjacent to an activating group) is 1. The Morgan fingerprint density at radius 3 is 2.68 bits per heavy atom. The zero-order valence-electron chi connectivity index (χ0n) is 16.7. The number of para-hydroxylation sites is 1. The number of nitrogens with zero attached hydrogens (tertiary/aromatic N) is 3. The number of hydrogen-bond donors (Lipinski definition) is 0. The van der Waals surface area contributed by atoms with Crippen LogP contribution in [0, 0.1) is 0 Å². The zero-order chi connectivity index (χ0) is 20.3. The number of rotatable bonds is 5. The van der Waals surface area contributed by atoms with E-state index < -0.39 is 10.0 Å². The second kappa shape index (κ2) is 8.77. The number of likely N-dealkylation sites (tertiary alicyclic amines) is 1. The van der Waals surface area contributed by atoms with Gasteiger partial charge in [-0.05, 0) is 25.0 Å². The van der Waals surface area contributed by atoms with E-state index in [1.807, 2.05) is 0 Å². The fraction of sp³-hybridized carbons (Fsp3) is 0.632. The summed E-state index contributed by atoms with van der Waals surface area (Å²) in [5.74, 6) is 0.437. The largest absolute Gasteiger partial charge is 0.487 e. The van der Waals surface area contributed by atoms with Crippen LogP contribution in [0.25, 0.3) is 0 Å². The fourth-order valence-corrected chi connectivity index (χ4v) is 5.55. The van der Waals surface area contributed by atoms with Gasteiger partial charge in [-0.2, -0.15) is 4.31 Å². The van der Waals surface area contributed by atoms with Crippen molar-refractivity contribution in [2.45, 2.75) is 29.9 Å². The Balaban J connectivity index is 1.90. The summed E-state index contributed by atoms with van der Waals surface area (Å²) in [6, 6.07) is 6.50. The first kappa shape index (κ1) is 21.0. The molecule has 2 aliphatic rings. The maximum Gasteiger partial charge on any atom is 0.247 e. The lowest BCUT2D eigenvalue weighted by Crippen LogP contribution is -2.48. The molecule has 28 heavy (non-hydrogen) atoms. The van der Waals surface area contributed by atoms with Gasteiger partial charge in [0.15, 0.2) is 0 Å². The standard InChI is InChI=1S/C19H29N3O5S/c1-20(2)19(23)14-21-10-8-15-16(9-11-21)27-17-6-4-5-7-18(17)28(24,25)22(15)12-13-26-3/h4-7,15-16H,8-14H2,1-3H3/t15-,16-/m0/s1. The Kier molecular flexibility index (Phi) is 6.59. The number of hydrogen-bond acceptors (Lipinski definition) is 6. The predicted octanol–water partition coefficient (Wildman–Crippen LogP) is 0.637. The first-order chi connectivity index (χ1) is 13.3. The molecule has 1 aromatic carbocycles. The quantitative estimate of drug-likeness (QED) is 0.707. The van der Waals surface area contributed by atoms with Crippen molar-refractivity contribution in [2.24, 2.45) is 0 Å². The monoisotopic (exact) mass is 411 g/mol. The van der Waals surface area contributed by atoms with Gasteiger partial charge in [-0.1, -0.05) is 12.1 Å². The topological polar surface area (TPSA) is 79.4 Å². The van der Waals surface area contributed by atoms with Gasteiger partial charge < -0.3 is 14.4 Å². The number of ether oxygens (including phenoxy) is 2. The van der Waals surface area contributed by atoms with Gasteiger partial charge in [0.1, 0.15) is 16.7 Å². The normalized spacial score (nSPS) is 25.0. The first-order valence-electron chi connectivity index (χ1n) is 9.53. The van der Waals surface area contributed by atoms with Crippen LogP contribution in [-0.2, 0) is 19.6 Å². The summed E-state index contributed by atoms with van der Waals surface area (Å²) in [4.78, 5) is 16.0. The predicted molar refractivity (Wildman–Crippen MR) is 105 cm³/mol. The smallest absolute Gasteiger partial charge is 0.247 e. The number of methoxy groups -OCH3 is 1. The van der Waals surface area contributed by atoms with E-state index >= 15 is 0 Å². The molecule has 1 fully saturated rings. The fourth-order valence-electron chi connectivity index (χ4n) is 3.77. The maximum absolute atomic E-state index is 13.4. The van der Waals surface area contributed by atoms with Gasteiger partial charge in [0.05, 0.1) is 19.2 Å². The third kappa shape index (κ3) is 4.32. The van der Waals surface area contributed by atoms with Crippen molar-refractivity contribution in [1.29, 1.82) is 0 Å². The molecule has 3 rings (SSSR count). The van der Waals surface area contributed by atoms with Crippen molar-refractivity contribution in [3.63, 3.8) is 0 Å². The number of benzene rings is 1. The van der Waals surface area contributed by atoms with E-state index in [-0.39, 0.29) is 29.5 Å². The summed E-state index contributed by atoms with van der Waals surface area (Å²) in [7, 11) is 1.34. The molecule has 156 valence electrons. The summed E-state index contributed by atoms with van der Waals surface area (Å²) in [6.45, 7) is 2.23. The highest BCUT2D eigenvalue weighted by Crippen LogP contribution is 2.36. The minimum atomic E-state index is -3.70. The van der Waals surface area contributed by atoms with Crippen LogP contribution >= 0.6 is 0 Å². The second-order valence-corrected chi connectivity index (χ2v) is 9.28. The third-order valence-electron chi connectivity index (χ3n) is 5.36. The lowest BCUT2D eigenvalue weighted by atomic mass is 10.1. The molecule has 2 aliphatic heterocycles. The molecule has 9 heteroatoms. The van der Waals surface area contributed by atoms with Crippen LogP contribution in [-0.4, -0.2) is 94.6 Å². The molecule has 1 saturated heterocycles. The van der Waals surface area contributed by atoms with E-state index in [0.717, 1.165) is 0 Å². The summed E-state index contributed by atoms with van der Waals surface area (Å²) in [5, 5.41) is 0. The van der Waals surface area contributed by atoms with Crippen LogP contribution in [0.1, 0.15) is 12.8 Å². The molecule has 2 heterocycles. The van der Waals surface area contributed by atoms with Gasteiger partial charge >= 0.3 is 0 Å². The van der Waals surface area contributed by atoms with E-state index in [0.29, 0.717) is 44.8 Å². The molecule has 0 N–H and O–H groups in total. The highest BCUT2D eigenvalue weighted by atomic mass is 32.2. The zero-order valence-corrected chi connectivity index (χ0v) is 17.5. The molecule has 1 amide bonds. The number of fused-ring (bicyclic) bond motifs is 2. The molecule has 0 saturated carbocycles. The molecule has 0 radical (unpaired) electrons. The number of amides is 1. The van der Waals surface area contributed by atoms with Crippen molar-refractivity contribution in [3.8, 4) is 5.75 Å². The molecule has 2 atom stereocenters. The van der Waals surface area contributed by atoms with Crippen molar-refractivity contribution in [3.05, 3.63) is 24.3 Å². The van der Waals surface area contributed by atoms with E-state index in [2.05, 4.69) is 4.90 Å². The molecule has 0 unspecified atom stereocenters. The average Bonchev–Trinajstić information content (AvgIpc) is 2.89. The summed E-state index contributed by atoms with van der Waals surface area (Å²) in [6.07, 6.45) is 0.982. The molecule has 1 aromatic rings. The highest BCUT2D eigenvalue weighted by Gasteiger charge is 2.43. The molecular weight excluding hydrogens is 382 g/mol. The Bertz CT molecular complexity index is 799. The van der Waals surface area contributed by atoms with Crippen molar-refractivity contribution in [1.82, 2.24) is 14.1 Å². The second-order valence-electron chi connectivity index (χ2n) is 7.42. The summed E-state index contributed by atoms with van der Waals surface area (Å²) in [5.41, 5.74) is 0. The van der Waals surface area contributed by atoms with Crippen molar-refractivity contribution in [2.75, 3.05) is 54.0 Å². The Hall–Kier alpha value is -1.68. The van der Waals surface area contributed by atoms with Crippen molar-refractivity contribution < 1.29 is 22.7 Å². The van der Waals surface area contributed by atoms with Crippen LogP contribution in [0.3, 0.4) is 0 Å². The number of carbonyl (C=O) groups is 1. The van der Waals surface area contributed by atoms with Crippen LogP contribution < -0.4 is 4.74 Å². The van der Waals surface area contributed by atoms with Crippen LogP contribution in [0.15, 0.2) is 29.2 Å². The summed E-state index contributed by atoms with van der Waals surface area (Å²) >= 11 is 0. The van der Waals surface area contributed by atoms with Crippen molar-refractivity contribution >= 4 is 15.9 Å². The molecule has 8 nitrogen and oxygen atoms in total. The molecule has 0 spiro atoms. The minimum absolute atomic E-state index is 0.0391. The SMILES string of the molecule is COCCN1[C@H]2CCN(CC(=O)N(C)C)CC[C@@H]2Oc2ccccc2S1(=O)=O. The Labute approximate surface area is 167 Å². The molecule has 0 aromatic heterocycles. The van der Waals surface area contributed by atoms with E-state index in [4.69, 9.17) is 9.47 Å². The van der Waals surface area contributed by atoms with Gasteiger partial charge in [-0.3, -0.25) is 9.69 Å². The highest BCUT2D eigenvalue weighted by molar-refractivity contribution is 7.89. The number of sulfonamides is 1. The Morgan fingerprint density at radius 1 is 1.25 bits per heavy atom. The molecule has 0 bridgehead atoms. The van der Waals surface area contributed by atoms with Gasteiger partial charge in [-0.15, -0.1) is 0 Å². The lowest BCUT2D eigenvalue weighted by molar-refractivity contribution is -0.129. The van der Waals surface area contributed by atoms with E-state index in [1.165, 1.54) is 4.31 Å². The van der Waals surface area contributed by atoms with Gasteiger partial charge in [0.25, 0.3) is 0 Å².